The van der Waals surface area contributed by atoms with E-state index >= 15 is 0 Å². The molecule has 6 heteroatoms. The molecule has 0 saturated carbocycles. The zero-order chi connectivity index (χ0) is 17.7. The van der Waals surface area contributed by atoms with Gasteiger partial charge in [0.15, 0.2) is 0 Å². The molecule has 0 amide bonds. The van der Waals surface area contributed by atoms with Crippen molar-refractivity contribution in [3.8, 4) is 0 Å². The van der Waals surface area contributed by atoms with Gasteiger partial charge in [-0.3, -0.25) is 0 Å². The van der Waals surface area contributed by atoms with E-state index in [2.05, 4.69) is 13.2 Å². The number of hydrogen-bond acceptors (Lipinski definition) is 4. The molecule has 1 aromatic rings. The summed E-state index contributed by atoms with van der Waals surface area (Å²) in [7, 11) is 0. The summed E-state index contributed by atoms with van der Waals surface area (Å²) >= 11 is 0. The predicted molar refractivity (Wildman–Crippen MR) is 83.2 cm³/mol. The lowest BCUT2D eigenvalue weighted by Gasteiger charge is -1.96. The average Bonchev–Trinajstić information content (AvgIpc) is 2.48. The molecule has 0 atom stereocenters. The van der Waals surface area contributed by atoms with Gasteiger partial charge < -0.3 is 20.4 Å². The van der Waals surface area contributed by atoms with Crippen LogP contribution >= 0.6 is 0 Å². The minimum Gasteiger partial charge on any atom is -0.478 e. The van der Waals surface area contributed by atoms with Crippen molar-refractivity contribution in [3.63, 3.8) is 0 Å². The number of carboxylic acid groups (broad SMARTS) is 2. The van der Waals surface area contributed by atoms with Crippen LogP contribution in [-0.4, -0.2) is 32.4 Å². The van der Waals surface area contributed by atoms with Gasteiger partial charge in [0.1, 0.15) is 0 Å². The standard InChI is InChI=1S/C8H10O2.2C4H6O2/c9-5-7-1-2-8(6-10)4-3-7;2*1-3(2)4(5)6/h1-4,9-10H,5-6H2;2*1H2,2H3,(H,5,6). The van der Waals surface area contributed by atoms with Crippen molar-refractivity contribution in [1.29, 1.82) is 0 Å². The van der Waals surface area contributed by atoms with Crippen molar-refractivity contribution in [2.24, 2.45) is 0 Å². The Kier molecular flexibility index (Phi) is 12.2. The Morgan fingerprint density at radius 2 is 1.00 bits per heavy atom. The smallest absolute Gasteiger partial charge is 0.330 e. The van der Waals surface area contributed by atoms with Gasteiger partial charge in [-0.05, 0) is 25.0 Å². The molecule has 0 aliphatic rings. The maximum atomic E-state index is 9.60. The third kappa shape index (κ3) is 12.6. The highest BCUT2D eigenvalue weighted by Gasteiger charge is 1.91. The number of hydrogen-bond donors (Lipinski definition) is 4. The third-order valence-corrected chi connectivity index (χ3v) is 2.12. The molecule has 0 bridgehead atoms. The summed E-state index contributed by atoms with van der Waals surface area (Å²) in [6.45, 7) is 9.33. The molecule has 0 saturated heterocycles. The molecule has 4 N–H and O–H groups in total. The zero-order valence-corrected chi connectivity index (χ0v) is 12.7. The lowest BCUT2D eigenvalue weighted by Crippen LogP contribution is -1.92. The summed E-state index contributed by atoms with van der Waals surface area (Å²) in [4.78, 5) is 19.2. The Morgan fingerprint density at radius 1 is 0.818 bits per heavy atom. The van der Waals surface area contributed by atoms with E-state index in [9.17, 15) is 9.59 Å². The summed E-state index contributed by atoms with van der Waals surface area (Å²) in [5.74, 6) is -1.87. The molecule has 0 aromatic heterocycles. The highest BCUT2D eigenvalue weighted by atomic mass is 16.4. The zero-order valence-electron chi connectivity index (χ0n) is 12.7. The van der Waals surface area contributed by atoms with Crippen LogP contribution < -0.4 is 0 Å². The van der Waals surface area contributed by atoms with E-state index in [-0.39, 0.29) is 24.4 Å². The van der Waals surface area contributed by atoms with Gasteiger partial charge in [0.2, 0.25) is 0 Å². The fraction of sp³-hybridized carbons (Fsp3) is 0.250. The minimum atomic E-state index is -0.935. The summed E-state index contributed by atoms with van der Waals surface area (Å²) in [6.07, 6.45) is 0. The van der Waals surface area contributed by atoms with Crippen LogP contribution in [0.3, 0.4) is 0 Å². The van der Waals surface area contributed by atoms with Gasteiger partial charge in [-0.2, -0.15) is 0 Å². The van der Waals surface area contributed by atoms with Gasteiger partial charge in [0.25, 0.3) is 0 Å². The number of rotatable bonds is 4. The lowest BCUT2D eigenvalue weighted by atomic mass is 10.1. The van der Waals surface area contributed by atoms with E-state index in [0.717, 1.165) is 11.1 Å². The first-order chi connectivity index (χ1) is 10.1. The first kappa shape index (κ1) is 21.9. The fourth-order valence-electron chi connectivity index (χ4n) is 0.750. The summed E-state index contributed by atoms with van der Waals surface area (Å²) in [5, 5.41) is 33.1. The predicted octanol–water partition coefficient (Wildman–Crippen LogP) is 1.97. The normalized spacial score (nSPS) is 8.55. The Bertz CT molecular complexity index is 431. The second-order valence-electron chi connectivity index (χ2n) is 4.30. The topological polar surface area (TPSA) is 115 Å². The van der Waals surface area contributed by atoms with Crippen molar-refractivity contribution in [2.75, 3.05) is 0 Å². The van der Waals surface area contributed by atoms with Crippen LogP contribution in [0.5, 0.6) is 0 Å². The molecule has 0 aliphatic carbocycles. The van der Waals surface area contributed by atoms with Crippen LogP contribution in [-0.2, 0) is 22.8 Å². The molecule has 6 nitrogen and oxygen atoms in total. The molecule has 22 heavy (non-hydrogen) atoms. The van der Waals surface area contributed by atoms with Crippen LogP contribution in [0.15, 0.2) is 48.6 Å². The van der Waals surface area contributed by atoms with Crippen molar-refractivity contribution in [3.05, 3.63) is 59.7 Å². The Hall–Kier alpha value is -2.44. The Morgan fingerprint density at radius 3 is 1.09 bits per heavy atom. The molecule has 1 rings (SSSR count). The van der Waals surface area contributed by atoms with Crippen LogP contribution in [0.4, 0.5) is 0 Å². The van der Waals surface area contributed by atoms with E-state index in [1.165, 1.54) is 13.8 Å². The van der Waals surface area contributed by atoms with Crippen molar-refractivity contribution in [2.45, 2.75) is 27.1 Å². The molecular weight excluding hydrogens is 288 g/mol. The fourth-order valence-corrected chi connectivity index (χ4v) is 0.750. The monoisotopic (exact) mass is 310 g/mol. The number of aliphatic hydroxyl groups is 2. The maximum Gasteiger partial charge on any atom is 0.330 e. The van der Waals surface area contributed by atoms with Crippen LogP contribution in [0.2, 0.25) is 0 Å². The molecule has 122 valence electrons. The summed E-state index contributed by atoms with van der Waals surface area (Å²) in [5.41, 5.74) is 2.10. The van der Waals surface area contributed by atoms with Crippen molar-refractivity contribution >= 4 is 11.9 Å². The molecular formula is C16H22O6. The van der Waals surface area contributed by atoms with E-state index < -0.39 is 11.9 Å². The number of aliphatic carboxylic acids is 2. The van der Waals surface area contributed by atoms with Crippen molar-refractivity contribution in [1.82, 2.24) is 0 Å². The van der Waals surface area contributed by atoms with E-state index in [1.807, 2.05) is 0 Å². The summed E-state index contributed by atoms with van der Waals surface area (Å²) in [6, 6.07) is 7.19. The minimum absolute atomic E-state index is 0.0612. The van der Waals surface area contributed by atoms with Crippen LogP contribution in [0, 0.1) is 0 Å². The largest absolute Gasteiger partial charge is 0.478 e. The van der Waals surface area contributed by atoms with Gasteiger partial charge in [-0.1, -0.05) is 37.4 Å². The first-order valence-electron chi connectivity index (χ1n) is 6.22. The van der Waals surface area contributed by atoms with Gasteiger partial charge in [0, 0.05) is 11.1 Å². The van der Waals surface area contributed by atoms with Gasteiger partial charge in [-0.15, -0.1) is 0 Å². The SMILES string of the molecule is C=C(C)C(=O)O.C=C(C)C(=O)O.OCc1ccc(CO)cc1. The Labute approximate surface area is 129 Å². The molecule has 1 aromatic carbocycles. The third-order valence-electron chi connectivity index (χ3n) is 2.12. The number of carbonyl (C=O) groups is 2. The highest BCUT2D eigenvalue weighted by Crippen LogP contribution is 2.03. The second kappa shape index (κ2) is 12.3. The molecule has 0 unspecified atom stereocenters. The highest BCUT2D eigenvalue weighted by molar-refractivity contribution is 5.85. The molecule has 0 fully saturated rings. The summed E-state index contributed by atoms with van der Waals surface area (Å²) < 4.78 is 0. The maximum absolute atomic E-state index is 9.60. The van der Waals surface area contributed by atoms with Gasteiger partial charge >= 0.3 is 11.9 Å². The number of benzene rings is 1. The number of aliphatic hydroxyl groups excluding tert-OH is 2. The van der Waals surface area contributed by atoms with Gasteiger partial charge in [0.05, 0.1) is 13.2 Å². The van der Waals surface area contributed by atoms with E-state index in [1.54, 1.807) is 24.3 Å². The Balaban J connectivity index is 0. The van der Waals surface area contributed by atoms with Crippen LogP contribution in [0.1, 0.15) is 25.0 Å². The average molecular weight is 310 g/mol. The molecule has 0 aliphatic heterocycles. The molecule has 0 heterocycles. The molecule has 0 radical (unpaired) electrons. The molecule has 0 spiro atoms. The second-order valence-corrected chi connectivity index (χ2v) is 4.30. The van der Waals surface area contributed by atoms with Gasteiger partial charge in [-0.25, -0.2) is 9.59 Å². The van der Waals surface area contributed by atoms with E-state index in [0.29, 0.717) is 0 Å². The van der Waals surface area contributed by atoms with Crippen molar-refractivity contribution < 1.29 is 30.0 Å². The first-order valence-corrected chi connectivity index (χ1v) is 6.22. The quantitative estimate of drug-likeness (QED) is 0.632. The van der Waals surface area contributed by atoms with Crippen LogP contribution in [0.25, 0.3) is 0 Å². The lowest BCUT2D eigenvalue weighted by molar-refractivity contribution is -0.133. The van der Waals surface area contributed by atoms with E-state index in [4.69, 9.17) is 20.4 Å². The number of carboxylic acids is 2.